The Bertz CT molecular complexity index is 418. The first-order chi connectivity index (χ1) is 9.56. The van der Waals surface area contributed by atoms with Crippen molar-refractivity contribution in [2.45, 2.75) is 33.2 Å². The van der Waals surface area contributed by atoms with Crippen LogP contribution in [-0.4, -0.2) is 25.1 Å². The zero-order valence-electron chi connectivity index (χ0n) is 12.8. The molecule has 0 spiro atoms. The number of nitrogens with zero attached hydrogens (tertiary/aromatic N) is 2. The Morgan fingerprint density at radius 3 is 2.90 bits per heavy atom. The first kappa shape index (κ1) is 16.6. The molecule has 1 N–H and O–H groups in total. The fourth-order valence-corrected chi connectivity index (χ4v) is 1.95. The van der Waals surface area contributed by atoms with Gasteiger partial charge in [-0.3, -0.25) is 0 Å². The van der Waals surface area contributed by atoms with Crippen LogP contribution in [0.1, 0.15) is 32.3 Å². The van der Waals surface area contributed by atoms with Crippen LogP contribution >= 0.6 is 0 Å². The van der Waals surface area contributed by atoms with E-state index in [4.69, 9.17) is 0 Å². The third-order valence-electron chi connectivity index (χ3n) is 3.08. The molecule has 0 aliphatic carbocycles. The van der Waals surface area contributed by atoms with Gasteiger partial charge in [0.1, 0.15) is 0 Å². The summed E-state index contributed by atoms with van der Waals surface area (Å²) in [7, 11) is 1.87. The number of rotatable bonds is 9. The van der Waals surface area contributed by atoms with Gasteiger partial charge < -0.3 is 10.2 Å². The van der Waals surface area contributed by atoms with Crippen molar-refractivity contribution in [1.29, 1.82) is 0 Å². The van der Waals surface area contributed by atoms with E-state index in [0.29, 0.717) is 23.8 Å². The molecule has 0 aliphatic rings. The third kappa shape index (κ3) is 5.29. The molecule has 0 fully saturated rings. The largest absolute Gasteiger partial charge is 0.357 e. The molecule has 0 saturated carbocycles. The van der Waals surface area contributed by atoms with Gasteiger partial charge in [0.25, 0.3) is 0 Å². The number of anilines is 1. The number of nitrogens with one attached hydrogen (secondary N) is 1. The van der Waals surface area contributed by atoms with E-state index >= 15 is 0 Å². The number of allylic oxidation sites excluding steroid dienone is 1. The molecule has 0 amide bonds. The van der Waals surface area contributed by atoms with Gasteiger partial charge in [0.15, 0.2) is 11.6 Å². The molecule has 3 nitrogen and oxygen atoms in total. The number of pyridine rings is 1. The molecule has 1 aromatic heterocycles. The summed E-state index contributed by atoms with van der Waals surface area (Å²) in [6.07, 6.45) is 5.44. The van der Waals surface area contributed by atoms with E-state index in [9.17, 15) is 4.39 Å². The highest BCUT2D eigenvalue weighted by Gasteiger charge is 2.12. The van der Waals surface area contributed by atoms with E-state index in [2.05, 4.69) is 30.7 Å². The second kappa shape index (κ2) is 8.69. The lowest BCUT2D eigenvalue weighted by molar-refractivity contribution is 0.532. The van der Waals surface area contributed by atoms with E-state index in [0.717, 1.165) is 25.9 Å². The minimum Gasteiger partial charge on any atom is -0.357 e. The Morgan fingerprint density at radius 1 is 1.50 bits per heavy atom. The molecule has 0 radical (unpaired) electrons. The summed E-state index contributed by atoms with van der Waals surface area (Å²) in [6, 6.07) is 1.74. The minimum absolute atomic E-state index is 0.218. The molecular weight excluding hydrogens is 253 g/mol. The highest BCUT2D eigenvalue weighted by Crippen LogP contribution is 2.18. The van der Waals surface area contributed by atoms with Crippen LogP contribution in [0.25, 0.3) is 0 Å². The van der Waals surface area contributed by atoms with Gasteiger partial charge in [-0.25, -0.2) is 9.37 Å². The Balaban J connectivity index is 2.65. The van der Waals surface area contributed by atoms with Gasteiger partial charge >= 0.3 is 0 Å². The summed E-state index contributed by atoms with van der Waals surface area (Å²) in [5, 5.41) is 3.26. The quantitative estimate of drug-likeness (QED) is 0.555. The van der Waals surface area contributed by atoms with E-state index in [1.54, 1.807) is 12.3 Å². The Kier molecular flexibility index (Phi) is 7.23. The summed E-state index contributed by atoms with van der Waals surface area (Å²) >= 11 is 0. The first-order valence-electron chi connectivity index (χ1n) is 7.22. The van der Waals surface area contributed by atoms with Gasteiger partial charge in [-0.1, -0.05) is 19.9 Å². The molecular formula is C16H26FN3. The van der Waals surface area contributed by atoms with E-state index in [1.165, 1.54) is 0 Å². The van der Waals surface area contributed by atoms with Crippen molar-refractivity contribution in [3.05, 3.63) is 36.3 Å². The molecule has 1 aromatic rings. The lowest BCUT2D eigenvalue weighted by Gasteiger charge is -2.19. The third-order valence-corrected chi connectivity index (χ3v) is 3.08. The monoisotopic (exact) mass is 279 g/mol. The van der Waals surface area contributed by atoms with Gasteiger partial charge in [-0.15, -0.1) is 6.58 Å². The summed E-state index contributed by atoms with van der Waals surface area (Å²) in [4.78, 5) is 6.02. The normalized spacial score (nSPS) is 10.8. The molecule has 112 valence electrons. The van der Waals surface area contributed by atoms with Crippen molar-refractivity contribution < 1.29 is 4.39 Å². The molecule has 1 heterocycles. The second-order valence-corrected chi connectivity index (χ2v) is 5.48. The van der Waals surface area contributed by atoms with Crippen LogP contribution in [-0.2, 0) is 6.54 Å². The number of hydrogen-bond acceptors (Lipinski definition) is 3. The van der Waals surface area contributed by atoms with Crippen LogP contribution in [0, 0.1) is 11.7 Å². The molecule has 1 rings (SSSR count). The van der Waals surface area contributed by atoms with Crippen LogP contribution in [0.3, 0.4) is 0 Å². The number of unbranched alkanes of at least 4 members (excludes halogenated alkanes) is 1. The lowest BCUT2D eigenvalue weighted by Crippen LogP contribution is -2.23. The molecule has 0 aromatic carbocycles. The summed E-state index contributed by atoms with van der Waals surface area (Å²) in [6.45, 7) is 10.2. The predicted molar refractivity (Wildman–Crippen MR) is 83.4 cm³/mol. The van der Waals surface area contributed by atoms with Crippen molar-refractivity contribution in [3.63, 3.8) is 0 Å². The van der Waals surface area contributed by atoms with Crippen LogP contribution in [0.2, 0.25) is 0 Å². The zero-order chi connectivity index (χ0) is 15.0. The number of aromatic nitrogens is 1. The van der Waals surface area contributed by atoms with Crippen LogP contribution in [0.15, 0.2) is 24.9 Å². The van der Waals surface area contributed by atoms with Crippen molar-refractivity contribution in [2.24, 2.45) is 5.92 Å². The van der Waals surface area contributed by atoms with E-state index < -0.39 is 0 Å². The average Bonchev–Trinajstić information content (AvgIpc) is 2.40. The molecule has 20 heavy (non-hydrogen) atoms. The van der Waals surface area contributed by atoms with Gasteiger partial charge in [-0.2, -0.15) is 0 Å². The fraction of sp³-hybridized carbons (Fsp3) is 0.562. The second-order valence-electron chi connectivity index (χ2n) is 5.48. The Labute approximate surface area is 121 Å². The molecule has 0 unspecified atom stereocenters. The first-order valence-corrected chi connectivity index (χ1v) is 7.22. The van der Waals surface area contributed by atoms with Gasteiger partial charge in [0.05, 0.1) is 0 Å². The lowest BCUT2D eigenvalue weighted by atomic mass is 10.2. The van der Waals surface area contributed by atoms with Crippen molar-refractivity contribution >= 4 is 5.82 Å². The average molecular weight is 279 g/mol. The van der Waals surface area contributed by atoms with Crippen molar-refractivity contribution in [2.75, 3.05) is 25.0 Å². The maximum atomic E-state index is 14.4. The molecule has 0 atom stereocenters. The summed E-state index contributed by atoms with van der Waals surface area (Å²) < 4.78 is 14.4. The predicted octanol–water partition coefficient (Wildman–Crippen LogP) is 3.37. The van der Waals surface area contributed by atoms with Crippen molar-refractivity contribution in [3.8, 4) is 0 Å². The molecule has 0 saturated heterocycles. The van der Waals surface area contributed by atoms with Crippen LogP contribution in [0.4, 0.5) is 10.2 Å². The van der Waals surface area contributed by atoms with E-state index in [1.807, 2.05) is 18.0 Å². The number of hydrogen-bond donors (Lipinski definition) is 1. The van der Waals surface area contributed by atoms with Gasteiger partial charge in [0, 0.05) is 31.9 Å². The van der Waals surface area contributed by atoms with Crippen LogP contribution < -0.4 is 10.2 Å². The molecule has 4 heteroatoms. The summed E-state index contributed by atoms with van der Waals surface area (Å²) in [5.41, 5.74) is 0.672. The Hall–Kier alpha value is -1.42. The summed E-state index contributed by atoms with van der Waals surface area (Å²) in [5.74, 6) is 0.767. The van der Waals surface area contributed by atoms with Crippen molar-refractivity contribution in [1.82, 2.24) is 10.3 Å². The standard InChI is InChI=1S/C16H26FN3/c1-5-6-7-10-20(4)16-15(17)14(8-9-19-16)12-18-11-13(2)3/h5,8-9,13,18H,1,6-7,10-12H2,2-4H3. The highest BCUT2D eigenvalue weighted by atomic mass is 19.1. The zero-order valence-corrected chi connectivity index (χ0v) is 12.8. The fourth-order valence-electron chi connectivity index (χ4n) is 1.95. The van der Waals surface area contributed by atoms with E-state index in [-0.39, 0.29) is 5.82 Å². The molecule has 0 bridgehead atoms. The maximum absolute atomic E-state index is 14.4. The molecule has 0 aliphatic heterocycles. The van der Waals surface area contributed by atoms with Gasteiger partial charge in [0.2, 0.25) is 0 Å². The Morgan fingerprint density at radius 2 is 2.25 bits per heavy atom. The van der Waals surface area contributed by atoms with Gasteiger partial charge in [-0.05, 0) is 31.4 Å². The smallest absolute Gasteiger partial charge is 0.170 e. The SMILES string of the molecule is C=CCCCN(C)c1nccc(CNCC(C)C)c1F. The number of halogens is 1. The maximum Gasteiger partial charge on any atom is 0.170 e. The highest BCUT2D eigenvalue weighted by molar-refractivity contribution is 5.42. The topological polar surface area (TPSA) is 28.2 Å². The van der Waals surface area contributed by atoms with Crippen LogP contribution in [0.5, 0.6) is 0 Å². The minimum atomic E-state index is -0.218.